The second kappa shape index (κ2) is 4.90. The average molecular weight is 252 g/mol. The van der Waals surface area contributed by atoms with Gasteiger partial charge in [-0.05, 0) is 31.2 Å². The topological polar surface area (TPSA) is 40.5 Å². The molecular weight excluding hydrogens is 238 g/mol. The number of hydrogen-bond donors (Lipinski definition) is 1. The van der Waals surface area contributed by atoms with Gasteiger partial charge in [-0.15, -0.1) is 0 Å². The van der Waals surface area contributed by atoms with Crippen molar-refractivity contribution in [2.75, 3.05) is 13.6 Å². The lowest BCUT2D eigenvalue weighted by Crippen LogP contribution is -2.30. The average Bonchev–Trinajstić information content (AvgIpc) is 2.29. The highest BCUT2D eigenvalue weighted by molar-refractivity contribution is 6.30. The summed E-state index contributed by atoms with van der Waals surface area (Å²) in [5.41, 5.74) is 1.51. The summed E-state index contributed by atoms with van der Waals surface area (Å²) in [6.07, 6.45) is 2.39. The Kier molecular flexibility index (Phi) is 3.50. The minimum Gasteiger partial charge on any atom is -0.478 e. The minimum atomic E-state index is -0.829. The Labute approximate surface area is 105 Å². The predicted molar refractivity (Wildman–Crippen MR) is 67.2 cm³/mol. The Morgan fingerprint density at radius 3 is 2.94 bits per heavy atom. The zero-order valence-electron chi connectivity index (χ0n) is 9.56. The number of halogens is 1. The number of likely N-dealkylation sites (N-methyl/N-ethyl adjacent to an activating group) is 1. The van der Waals surface area contributed by atoms with Crippen molar-refractivity contribution in [3.63, 3.8) is 0 Å². The molecule has 1 N–H and O–H groups in total. The van der Waals surface area contributed by atoms with Crippen LogP contribution < -0.4 is 0 Å². The molecule has 0 fully saturated rings. The molecule has 0 saturated carbocycles. The largest absolute Gasteiger partial charge is 0.478 e. The molecule has 0 aromatic heterocycles. The van der Waals surface area contributed by atoms with Crippen LogP contribution in [0.25, 0.3) is 0 Å². The van der Waals surface area contributed by atoms with E-state index in [-0.39, 0.29) is 6.04 Å². The van der Waals surface area contributed by atoms with E-state index in [2.05, 4.69) is 4.90 Å². The lowest BCUT2D eigenvalue weighted by atomic mass is 9.97. The summed E-state index contributed by atoms with van der Waals surface area (Å²) < 4.78 is 0. The van der Waals surface area contributed by atoms with Gasteiger partial charge in [0.1, 0.15) is 0 Å². The number of hydrogen-bond acceptors (Lipinski definition) is 2. The van der Waals surface area contributed by atoms with Gasteiger partial charge in [0.25, 0.3) is 0 Å². The van der Waals surface area contributed by atoms with E-state index in [1.54, 1.807) is 6.08 Å². The quantitative estimate of drug-likeness (QED) is 0.879. The molecule has 2 rings (SSSR count). The molecule has 1 heterocycles. The Bertz CT molecular complexity index is 470. The maximum Gasteiger partial charge on any atom is 0.331 e. The van der Waals surface area contributed by atoms with Gasteiger partial charge in [-0.3, -0.25) is 4.90 Å². The molecule has 17 heavy (non-hydrogen) atoms. The third-order valence-electron chi connectivity index (χ3n) is 3.03. The Morgan fingerprint density at radius 2 is 2.29 bits per heavy atom. The highest BCUT2D eigenvalue weighted by atomic mass is 35.5. The van der Waals surface area contributed by atoms with Crippen molar-refractivity contribution in [2.45, 2.75) is 12.5 Å². The molecule has 1 aliphatic heterocycles. The minimum absolute atomic E-state index is 0.00597. The first-order chi connectivity index (χ1) is 8.08. The Balaban J connectivity index is 2.35. The van der Waals surface area contributed by atoms with Crippen molar-refractivity contribution < 1.29 is 9.90 Å². The van der Waals surface area contributed by atoms with Gasteiger partial charge in [0.2, 0.25) is 0 Å². The van der Waals surface area contributed by atoms with Gasteiger partial charge >= 0.3 is 5.97 Å². The highest BCUT2D eigenvalue weighted by Crippen LogP contribution is 2.29. The monoisotopic (exact) mass is 251 g/mol. The maximum atomic E-state index is 11.0. The molecule has 1 aromatic carbocycles. The summed E-state index contributed by atoms with van der Waals surface area (Å²) in [7, 11) is 1.99. The third-order valence-corrected chi connectivity index (χ3v) is 3.27. The molecule has 0 amide bonds. The molecule has 1 atom stereocenters. The first-order valence-corrected chi connectivity index (χ1v) is 5.85. The predicted octanol–water partition coefficient (Wildman–Crippen LogP) is 2.73. The van der Waals surface area contributed by atoms with Crippen molar-refractivity contribution in [2.24, 2.45) is 0 Å². The lowest BCUT2D eigenvalue weighted by molar-refractivity contribution is -0.133. The smallest absolute Gasteiger partial charge is 0.331 e. The van der Waals surface area contributed by atoms with Crippen LogP contribution in [0.5, 0.6) is 0 Å². The van der Waals surface area contributed by atoms with E-state index >= 15 is 0 Å². The third kappa shape index (κ3) is 2.68. The van der Waals surface area contributed by atoms with Crippen LogP contribution in [0, 0.1) is 0 Å². The molecule has 0 saturated heterocycles. The number of carbonyl (C=O) groups is 1. The Hall–Kier alpha value is -1.32. The summed E-state index contributed by atoms with van der Waals surface area (Å²) in [5, 5.41) is 9.70. The molecule has 0 radical (unpaired) electrons. The second-order valence-corrected chi connectivity index (χ2v) is 4.66. The van der Waals surface area contributed by atoms with Crippen LogP contribution in [0.2, 0.25) is 5.02 Å². The standard InChI is InChI=1S/C13H14ClNO2/c1-15-6-5-10(13(16)17)8-12(15)9-3-2-4-11(14)7-9/h2-4,7-8,12H,5-6H2,1H3,(H,16,17). The lowest BCUT2D eigenvalue weighted by Gasteiger charge is -2.30. The number of carboxylic acid groups (broad SMARTS) is 1. The van der Waals surface area contributed by atoms with Gasteiger partial charge in [-0.25, -0.2) is 4.79 Å². The van der Waals surface area contributed by atoms with Crippen LogP contribution in [0.3, 0.4) is 0 Å². The highest BCUT2D eigenvalue weighted by Gasteiger charge is 2.23. The number of rotatable bonds is 2. The molecule has 1 aromatic rings. The van der Waals surface area contributed by atoms with Gasteiger partial charge < -0.3 is 5.11 Å². The molecule has 0 spiro atoms. The van der Waals surface area contributed by atoms with E-state index in [0.717, 1.165) is 12.1 Å². The number of carboxylic acids is 1. The van der Waals surface area contributed by atoms with E-state index in [1.165, 1.54) is 0 Å². The van der Waals surface area contributed by atoms with Gasteiger partial charge in [-0.1, -0.05) is 29.8 Å². The molecule has 90 valence electrons. The number of benzene rings is 1. The summed E-state index contributed by atoms with van der Waals surface area (Å²) in [5.74, 6) is -0.829. The Morgan fingerprint density at radius 1 is 1.53 bits per heavy atom. The van der Waals surface area contributed by atoms with E-state index in [4.69, 9.17) is 16.7 Å². The van der Waals surface area contributed by atoms with Crippen molar-refractivity contribution in [3.8, 4) is 0 Å². The molecule has 0 aliphatic carbocycles. The van der Waals surface area contributed by atoms with Crippen LogP contribution in [-0.2, 0) is 4.79 Å². The molecule has 1 unspecified atom stereocenters. The summed E-state index contributed by atoms with van der Waals surface area (Å²) >= 11 is 5.96. The fourth-order valence-corrected chi connectivity index (χ4v) is 2.26. The summed E-state index contributed by atoms with van der Waals surface area (Å²) in [6.45, 7) is 0.745. The number of nitrogens with zero attached hydrogens (tertiary/aromatic N) is 1. The zero-order valence-corrected chi connectivity index (χ0v) is 10.3. The van der Waals surface area contributed by atoms with Crippen LogP contribution >= 0.6 is 11.6 Å². The SMILES string of the molecule is CN1CCC(C(=O)O)=CC1c1cccc(Cl)c1. The van der Waals surface area contributed by atoms with Gasteiger partial charge in [-0.2, -0.15) is 0 Å². The van der Waals surface area contributed by atoms with Crippen LogP contribution in [0.1, 0.15) is 18.0 Å². The van der Waals surface area contributed by atoms with Crippen molar-refractivity contribution in [1.29, 1.82) is 0 Å². The van der Waals surface area contributed by atoms with Crippen LogP contribution in [0.15, 0.2) is 35.9 Å². The van der Waals surface area contributed by atoms with Gasteiger partial charge in [0.05, 0.1) is 6.04 Å². The van der Waals surface area contributed by atoms with Crippen molar-refractivity contribution in [3.05, 3.63) is 46.5 Å². The normalized spacial score (nSPS) is 21.1. The van der Waals surface area contributed by atoms with Crippen LogP contribution in [-0.4, -0.2) is 29.6 Å². The van der Waals surface area contributed by atoms with Gasteiger partial charge in [0, 0.05) is 17.1 Å². The number of aliphatic carboxylic acids is 1. The maximum absolute atomic E-state index is 11.0. The zero-order chi connectivity index (χ0) is 12.4. The molecular formula is C13H14ClNO2. The summed E-state index contributed by atoms with van der Waals surface area (Å²) in [6, 6.07) is 7.54. The summed E-state index contributed by atoms with van der Waals surface area (Å²) in [4.78, 5) is 13.1. The molecule has 4 heteroatoms. The van der Waals surface area contributed by atoms with E-state index in [1.807, 2.05) is 31.3 Å². The van der Waals surface area contributed by atoms with E-state index < -0.39 is 5.97 Å². The second-order valence-electron chi connectivity index (χ2n) is 4.23. The van der Waals surface area contributed by atoms with E-state index in [0.29, 0.717) is 17.0 Å². The fraction of sp³-hybridized carbons (Fsp3) is 0.308. The van der Waals surface area contributed by atoms with E-state index in [9.17, 15) is 4.79 Å². The molecule has 1 aliphatic rings. The molecule has 0 bridgehead atoms. The van der Waals surface area contributed by atoms with Crippen LogP contribution in [0.4, 0.5) is 0 Å². The van der Waals surface area contributed by atoms with Crippen molar-refractivity contribution >= 4 is 17.6 Å². The van der Waals surface area contributed by atoms with Crippen molar-refractivity contribution in [1.82, 2.24) is 4.90 Å². The first-order valence-electron chi connectivity index (χ1n) is 5.47. The fourth-order valence-electron chi connectivity index (χ4n) is 2.06. The van der Waals surface area contributed by atoms with Gasteiger partial charge in [0.15, 0.2) is 0 Å². The molecule has 3 nitrogen and oxygen atoms in total. The first kappa shape index (κ1) is 12.1.